The van der Waals surface area contributed by atoms with E-state index in [0.29, 0.717) is 26.2 Å². The number of sulfonamides is 1. The van der Waals surface area contributed by atoms with Gasteiger partial charge in [-0.2, -0.15) is 4.31 Å². The fourth-order valence-electron chi connectivity index (χ4n) is 2.27. The van der Waals surface area contributed by atoms with E-state index in [1.807, 2.05) is 13.1 Å². The van der Waals surface area contributed by atoms with E-state index in [0.717, 1.165) is 15.8 Å². The molecule has 0 radical (unpaired) electrons. The van der Waals surface area contributed by atoms with Crippen LogP contribution in [-0.4, -0.2) is 59.3 Å². The van der Waals surface area contributed by atoms with E-state index >= 15 is 0 Å². The molecule has 0 saturated carbocycles. The van der Waals surface area contributed by atoms with Crippen molar-refractivity contribution in [2.24, 2.45) is 0 Å². The molecule has 0 bridgehead atoms. The number of imidazole rings is 1. The summed E-state index contributed by atoms with van der Waals surface area (Å²) in [6.45, 7) is 6.02. The van der Waals surface area contributed by atoms with E-state index in [2.05, 4.69) is 15.0 Å². The fourth-order valence-corrected chi connectivity index (χ4v) is 4.33. The van der Waals surface area contributed by atoms with Crippen molar-refractivity contribution in [3.05, 3.63) is 11.9 Å². The molecule has 1 aliphatic heterocycles. The Kier molecular flexibility index (Phi) is 3.43. The molecule has 3 rings (SSSR count). The summed E-state index contributed by atoms with van der Waals surface area (Å²) in [5, 5.41) is 5.40. The number of piperazine rings is 1. The molecular weight excluding hydrogens is 298 g/mol. The highest BCUT2D eigenvalue weighted by molar-refractivity contribution is 7.89. The maximum atomic E-state index is 11.8. The predicted octanol–water partition coefficient (Wildman–Crippen LogP) is 0.571. The molecule has 110 valence electrons. The third-order valence-electron chi connectivity index (χ3n) is 3.42. The van der Waals surface area contributed by atoms with Crippen LogP contribution < -0.4 is 4.90 Å². The molecule has 0 N–H and O–H groups in total. The van der Waals surface area contributed by atoms with Crippen LogP contribution in [0.2, 0.25) is 0 Å². The largest absolute Gasteiger partial charge is 0.344 e. The first-order chi connectivity index (χ1) is 9.49. The minimum Gasteiger partial charge on any atom is -0.344 e. The Morgan fingerprint density at radius 1 is 1.30 bits per heavy atom. The lowest BCUT2D eigenvalue weighted by Crippen LogP contribution is -2.49. The molecule has 0 aromatic carbocycles. The second-order valence-electron chi connectivity index (χ2n) is 4.78. The van der Waals surface area contributed by atoms with Gasteiger partial charge in [0.2, 0.25) is 20.1 Å². The molecule has 0 aliphatic carbocycles. The van der Waals surface area contributed by atoms with Gasteiger partial charge in [-0.1, -0.05) is 11.3 Å². The van der Waals surface area contributed by atoms with Crippen LogP contribution >= 0.6 is 11.3 Å². The highest BCUT2D eigenvalue weighted by Gasteiger charge is 2.26. The van der Waals surface area contributed by atoms with Gasteiger partial charge in [-0.05, 0) is 13.8 Å². The number of hydrogen-bond donors (Lipinski definition) is 0. The van der Waals surface area contributed by atoms with E-state index < -0.39 is 10.0 Å². The Morgan fingerprint density at radius 2 is 2.00 bits per heavy atom. The van der Waals surface area contributed by atoms with Gasteiger partial charge >= 0.3 is 0 Å². The average Bonchev–Trinajstić information content (AvgIpc) is 2.96. The van der Waals surface area contributed by atoms with Crippen LogP contribution in [0.3, 0.4) is 0 Å². The summed E-state index contributed by atoms with van der Waals surface area (Å²) >= 11 is 1.54. The maximum absolute atomic E-state index is 11.8. The SMILES string of the molecule is CCS(=O)(=O)N1CCN(c2nn3cc(C)nc3s2)CC1. The first kappa shape index (κ1) is 13.8. The van der Waals surface area contributed by atoms with Gasteiger partial charge in [0.25, 0.3) is 0 Å². The second-order valence-corrected chi connectivity index (χ2v) is 7.97. The molecule has 7 nitrogen and oxygen atoms in total. The summed E-state index contributed by atoms with van der Waals surface area (Å²) in [7, 11) is -3.07. The Hall–Kier alpha value is -1.19. The Bertz CT molecular complexity index is 681. The standard InChI is InChI=1S/C11H17N5O2S2/c1-3-20(17,18)15-6-4-14(5-7-15)11-13-16-8-9(2)12-10(16)19-11/h8H,3-7H2,1-2H3. The van der Waals surface area contributed by atoms with E-state index in [9.17, 15) is 8.42 Å². The van der Waals surface area contributed by atoms with Gasteiger partial charge in [-0.15, -0.1) is 5.10 Å². The van der Waals surface area contributed by atoms with E-state index in [-0.39, 0.29) is 5.75 Å². The number of hydrogen-bond acceptors (Lipinski definition) is 6. The molecule has 1 saturated heterocycles. The van der Waals surface area contributed by atoms with Crippen LogP contribution in [-0.2, 0) is 10.0 Å². The Labute approximate surface area is 121 Å². The number of nitrogens with zero attached hydrogens (tertiary/aromatic N) is 5. The Balaban J connectivity index is 1.73. The van der Waals surface area contributed by atoms with Gasteiger partial charge in [0.05, 0.1) is 17.6 Å². The molecule has 3 heterocycles. The highest BCUT2D eigenvalue weighted by atomic mass is 32.2. The van der Waals surface area contributed by atoms with Crippen LogP contribution in [0.5, 0.6) is 0 Å². The first-order valence-electron chi connectivity index (χ1n) is 6.55. The quantitative estimate of drug-likeness (QED) is 0.828. The topological polar surface area (TPSA) is 70.8 Å². The van der Waals surface area contributed by atoms with Crippen molar-refractivity contribution in [2.75, 3.05) is 36.8 Å². The molecule has 2 aromatic rings. The lowest BCUT2D eigenvalue weighted by molar-refractivity contribution is 0.385. The molecule has 0 spiro atoms. The fraction of sp³-hybridized carbons (Fsp3) is 0.636. The van der Waals surface area contributed by atoms with Crippen LogP contribution in [0.15, 0.2) is 6.20 Å². The second kappa shape index (κ2) is 4.97. The third kappa shape index (κ3) is 2.40. The van der Waals surface area contributed by atoms with Crippen molar-refractivity contribution in [2.45, 2.75) is 13.8 Å². The molecule has 2 aromatic heterocycles. The lowest BCUT2D eigenvalue weighted by Gasteiger charge is -2.33. The Morgan fingerprint density at radius 3 is 2.60 bits per heavy atom. The van der Waals surface area contributed by atoms with Gasteiger partial charge in [0, 0.05) is 26.2 Å². The van der Waals surface area contributed by atoms with Crippen LogP contribution in [0, 0.1) is 6.92 Å². The van der Waals surface area contributed by atoms with Gasteiger partial charge in [-0.25, -0.2) is 17.9 Å². The molecule has 1 aliphatic rings. The van der Waals surface area contributed by atoms with Crippen molar-refractivity contribution in [1.82, 2.24) is 18.9 Å². The molecule has 0 unspecified atom stereocenters. The van der Waals surface area contributed by atoms with Gasteiger partial charge in [0.1, 0.15) is 0 Å². The zero-order chi connectivity index (χ0) is 14.3. The minimum atomic E-state index is -3.07. The summed E-state index contributed by atoms with van der Waals surface area (Å²) in [6.07, 6.45) is 1.90. The molecule has 0 atom stereocenters. The molecule has 20 heavy (non-hydrogen) atoms. The number of aryl methyl sites for hydroxylation is 1. The molecular formula is C11H17N5O2S2. The summed E-state index contributed by atoms with van der Waals surface area (Å²) in [5.74, 6) is 0.164. The van der Waals surface area contributed by atoms with Crippen molar-refractivity contribution in [3.63, 3.8) is 0 Å². The van der Waals surface area contributed by atoms with Crippen LogP contribution in [0.25, 0.3) is 4.96 Å². The highest BCUT2D eigenvalue weighted by Crippen LogP contribution is 2.24. The van der Waals surface area contributed by atoms with E-state index in [1.54, 1.807) is 15.7 Å². The van der Waals surface area contributed by atoms with Crippen molar-refractivity contribution in [3.8, 4) is 0 Å². The molecule has 1 fully saturated rings. The van der Waals surface area contributed by atoms with E-state index in [1.165, 1.54) is 11.3 Å². The summed E-state index contributed by atoms with van der Waals surface area (Å²) in [6, 6.07) is 0. The number of anilines is 1. The molecule has 9 heteroatoms. The van der Waals surface area contributed by atoms with Gasteiger partial charge in [0.15, 0.2) is 0 Å². The summed E-state index contributed by atoms with van der Waals surface area (Å²) < 4.78 is 27.0. The summed E-state index contributed by atoms with van der Waals surface area (Å²) in [4.78, 5) is 7.38. The average molecular weight is 315 g/mol. The van der Waals surface area contributed by atoms with Gasteiger partial charge in [-0.3, -0.25) is 0 Å². The predicted molar refractivity (Wildman–Crippen MR) is 78.8 cm³/mol. The zero-order valence-electron chi connectivity index (χ0n) is 11.5. The van der Waals surface area contributed by atoms with Crippen molar-refractivity contribution >= 4 is 31.5 Å². The number of fused-ring (bicyclic) bond motifs is 1. The maximum Gasteiger partial charge on any atom is 0.214 e. The van der Waals surface area contributed by atoms with E-state index in [4.69, 9.17) is 0 Å². The summed E-state index contributed by atoms with van der Waals surface area (Å²) in [5.41, 5.74) is 0.953. The monoisotopic (exact) mass is 315 g/mol. The number of rotatable bonds is 3. The third-order valence-corrected chi connectivity index (χ3v) is 6.29. The number of aromatic nitrogens is 3. The van der Waals surface area contributed by atoms with Crippen molar-refractivity contribution in [1.29, 1.82) is 0 Å². The normalized spacial score (nSPS) is 18.0. The van der Waals surface area contributed by atoms with Gasteiger partial charge < -0.3 is 4.90 Å². The minimum absolute atomic E-state index is 0.164. The first-order valence-corrected chi connectivity index (χ1v) is 8.98. The lowest BCUT2D eigenvalue weighted by atomic mass is 10.4. The van der Waals surface area contributed by atoms with Crippen LogP contribution in [0.1, 0.15) is 12.6 Å². The van der Waals surface area contributed by atoms with Crippen LogP contribution in [0.4, 0.5) is 5.13 Å². The smallest absolute Gasteiger partial charge is 0.214 e. The molecule has 0 amide bonds. The zero-order valence-corrected chi connectivity index (χ0v) is 13.1. The van der Waals surface area contributed by atoms with Crippen molar-refractivity contribution < 1.29 is 8.42 Å².